The van der Waals surface area contributed by atoms with Gasteiger partial charge < -0.3 is 9.64 Å². The van der Waals surface area contributed by atoms with E-state index in [0.29, 0.717) is 0 Å². The molecule has 2 heteroatoms. The molecular formula is C14H17NO. The molecule has 3 rings (SSSR count). The average Bonchev–Trinajstić information content (AvgIpc) is 2.81. The van der Waals surface area contributed by atoms with Gasteiger partial charge in [0.2, 0.25) is 0 Å². The van der Waals surface area contributed by atoms with Crippen LogP contribution in [0.1, 0.15) is 12.0 Å². The van der Waals surface area contributed by atoms with Gasteiger partial charge in [0.25, 0.3) is 0 Å². The molecule has 2 heterocycles. The summed E-state index contributed by atoms with van der Waals surface area (Å²) in [5.41, 5.74) is 2.92. The van der Waals surface area contributed by atoms with Crippen LogP contribution in [0, 0.1) is 5.41 Å². The maximum Gasteiger partial charge on any atom is 0.0595 e. The number of rotatable bonds is 2. The van der Waals surface area contributed by atoms with Crippen LogP contribution >= 0.6 is 0 Å². The first kappa shape index (κ1) is 9.91. The van der Waals surface area contributed by atoms with Crippen LogP contribution in [-0.4, -0.2) is 24.7 Å². The van der Waals surface area contributed by atoms with E-state index in [4.69, 9.17) is 4.74 Å². The van der Waals surface area contributed by atoms with E-state index in [1.54, 1.807) is 0 Å². The zero-order valence-electron chi connectivity index (χ0n) is 9.48. The Kier molecular flexibility index (Phi) is 2.25. The van der Waals surface area contributed by atoms with E-state index in [9.17, 15) is 0 Å². The number of likely N-dealkylation sites (tertiary alicyclic amines) is 1. The Hall–Kier alpha value is -1.28. The molecule has 0 saturated carbocycles. The molecule has 2 nitrogen and oxygen atoms in total. The topological polar surface area (TPSA) is 12.5 Å². The van der Waals surface area contributed by atoms with Crippen molar-refractivity contribution in [2.45, 2.75) is 13.0 Å². The maximum atomic E-state index is 5.48. The molecule has 0 N–H and O–H groups in total. The molecule has 2 fully saturated rings. The fourth-order valence-corrected chi connectivity index (χ4v) is 2.71. The standard InChI is InChI=1S/C14H17NO/c1-12-14(7-8-16-11-14)10-15(12)9-13-5-3-2-4-6-13/h2-6H,1,7-11H2. The lowest BCUT2D eigenvalue weighted by Gasteiger charge is -2.51. The van der Waals surface area contributed by atoms with E-state index in [2.05, 4.69) is 41.8 Å². The van der Waals surface area contributed by atoms with Crippen molar-refractivity contribution in [1.29, 1.82) is 0 Å². The lowest BCUT2D eigenvalue weighted by molar-refractivity contribution is 0.0512. The molecule has 1 aromatic carbocycles. The smallest absolute Gasteiger partial charge is 0.0595 e. The molecule has 0 bridgehead atoms. The lowest BCUT2D eigenvalue weighted by Crippen LogP contribution is -2.53. The minimum atomic E-state index is 0.286. The van der Waals surface area contributed by atoms with Gasteiger partial charge in [-0.15, -0.1) is 0 Å². The van der Waals surface area contributed by atoms with Gasteiger partial charge in [-0.3, -0.25) is 0 Å². The van der Waals surface area contributed by atoms with Gasteiger partial charge in [-0.05, 0) is 12.0 Å². The second-order valence-electron chi connectivity index (χ2n) is 4.87. The van der Waals surface area contributed by atoms with Crippen LogP contribution in [0.5, 0.6) is 0 Å². The second-order valence-corrected chi connectivity index (χ2v) is 4.87. The third-order valence-corrected chi connectivity index (χ3v) is 3.81. The van der Waals surface area contributed by atoms with E-state index in [-0.39, 0.29) is 5.41 Å². The van der Waals surface area contributed by atoms with Crippen molar-refractivity contribution in [3.05, 3.63) is 48.2 Å². The fourth-order valence-electron chi connectivity index (χ4n) is 2.71. The predicted molar refractivity (Wildman–Crippen MR) is 63.9 cm³/mol. The average molecular weight is 215 g/mol. The summed E-state index contributed by atoms with van der Waals surface area (Å²) in [7, 11) is 0. The van der Waals surface area contributed by atoms with Crippen LogP contribution in [0.3, 0.4) is 0 Å². The van der Waals surface area contributed by atoms with Gasteiger partial charge in [-0.2, -0.15) is 0 Å². The largest absolute Gasteiger partial charge is 0.380 e. The van der Waals surface area contributed by atoms with Crippen LogP contribution in [-0.2, 0) is 11.3 Å². The summed E-state index contributed by atoms with van der Waals surface area (Å²) >= 11 is 0. The molecule has 84 valence electrons. The van der Waals surface area contributed by atoms with Crippen molar-refractivity contribution in [3.63, 3.8) is 0 Å². The van der Waals surface area contributed by atoms with Gasteiger partial charge in [0.15, 0.2) is 0 Å². The van der Waals surface area contributed by atoms with Gasteiger partial charge in [0.1, 0.15) is 0 Å². The molecule has 1 spiro atoms. The molecule has 16 heavy (non-hydrogen) atoms. The molecule has 0 aromatic heterocycles. The lowest BCUT2D eigenvalue weighted by atomic mass is 9.75. The van der Waals surface area contributed by atoms with E-state index in [0.717, 1.165) is 32.7 Å². The van der Waals surface area contributed by atoms with Gasteiger partial charge in [0.05, 0.1) is 12.0 Å². The second kappa shape index (κ2) is 3.63. The van der Waals surface area contributed by atoms with Crippen LogP contribution < -0.4 is 0 Å². The highest BCUT2D eigenvalue weighted by atomic mass is 16.5. The van der Waals surface area contributed by atoms with Crippen molar-refractivity contribution < 1.29 is 4.74 Å². The number of hydrogen-bond acceptors (Lipinski definition) is 2. The molecule has 2 aliphatic rings. The van der Waals surface area contributed by atoms with Crippen molar-refractivity contribution in [2.24, 2.45) is 5.41 Å². The Morgan fingerprint density at radius 3 is 2.75 bits per heavy atom. The summed E-state index contributed by atoms with van der Waals surface area (Å²) in [5.74, 6) is 0. The highest BCUT2D eigenvalue weighted by Gasteiger charge is 2.48. The molecular weight excluding hydrogens is 198 g/mol. The number of hydrogen-bond donors (Lipinski definition) is 0. The zero-order chi connectivity index (χ0) is 11.0. The highest BCUT2D eigenvalue weighted by molar-refractivity contribution is 5.25. The molecule has 1 unspecified atom stereocenters. The minimum Gasteiger partial charge on any atom is -0.380 e. The van der Waals surface area contributed by atoms with E-state index in [1.807, 2.05) is 0 Å². The SMILES string of the molecule is C=C1N(Cc2ccccc2)CC12CCOC2. The number of nitrogens with zero attached hydrogens (tertiary/aromatic N) is 1. The Morgan fingerprint density at radius 1 is 1.31 bits per heavy atom. The number of ether oxygens (including phenoxy) is 1. The van der Waals surface area contributed by atoms with Crippen LogP contribution in [0.25, 0.3) is 0 Å². The summed E-state index contributed by atoms with van der Waals surface area (Å²) < 4.78 is 5.48. The van der Waals surface area contributed by atoms with Crippen LogP contribution in [0.15, 0.2) is 42.6 Å². The first-order chi connectivity index (χ1) is 7.80. The van der Waals surface area contributed by atoms with Gasteiger partial charge >= 0.3 is 0 Å². The molecule has 0 amide bonds. The first-order valence-corrected chi connectivity index (χ1v) is 5.86. The predicted octanol–water partition coefficient (Wildman–Crippen LogP) is 2.42. The number of benzene rings is 1. The van der Waals surface area contributed by atoms with Crippen LogP contribution in [0.4, 0.5) is 0 Å². The molecule has 0 aliphatic carbocycles. The van der Waals surface area contributed by atoms with Gasteiger partial charge in [0, 0.05) is 25.4 Å². The highest BCUT2D eigenvalue weighted by Crippen LogP contribution is 2.47. The van der Waals surface area contributed by atoms with Gasteiger partial charge in [-0.1, -0.05) is 36.9 Å². The Labute approximate surface area is 96.5 Å². The summed E-state index contributed by atoms with van der Waals surface area (Å²) in [6, 6.07) is 10.6. The van der Waals surface area contributed by atoms with E-state index < -0.39 is 0 Å². The third-order valence-electron chi connectivity index (χ3n) is 3.81. The molecule has 0 radical (unpaired) electrons. The molecule has 1 atom stereocenters. The Bertz CT molecular complexity index is 392. The molecule has 1 aromatic rings. The minimum absolute atomic E-state index is 0.286. The van der Waals surface area contributed by atoms with Crippen molar-refractivity contribution in [2.75, 3.05) is 19.8 Å². The first-order valence-electron chi connectivity index (χ1n) is 5.86. The summed E-state index contributed by atoms with van der Waals surface area (Å²) in [4.78, 5) is 2.37. The zero-order valence-corrected chi connectivity index (χ0v) is 9.48. The van der Waals surface area contributed by atoms with Crippen molar-refractivity contribution >= 4 is 0 Å². The Morgan fingerprint density at radius 2 is 2.12 bits per heavy atom. The summed E-state index contributed by atoms with van der Waals surface area (Å²) in [5, 5.41) is 0. The quantitative estimate of drug-likeness (QED) is 0.751. The van der Waals surface area contributed by atoms with E-state index in [1.165, 1.54) is 11.3 Å². The normalized spacial score (nSPS) is 28.5. The third kappa shape index (κ3) is 1.45. The van der Waals surface area contributed by atoms with Crippen molar-refractivity contribution in [3.8, 4) is 0 Å². The molecule has 2 saturated heterocycles. The van der Waals surface area contributed by atoms with Crippen molar-refractivity contribution in [1.82, 2.24) is 4.90 Å². The summed E-state index contributed by atoms with van der Waals surface area (Å²) in [6.45, 7) is 8.09. The monoisotopic (exact) mass is 215 g/mol. The fraction of sp³-hybridized carbons (Fsp3) is 0.429. The molecule has 2 aliphatic heterocycles. The van der Waals surface area contributed by atoms with E-state index >= 15 is 0 Å². The maximum absolute atomic E-state index is 5.48. The van der Waals surface area contributed by atoms with Gasteiger partial charge in [-0.25, -0.2) is 0 Å². The van der Waals surface area contributed by atoms with Crippen LogP contribution in [0.2, 0.25) is 0 Å². The summed E-state index contributed by atoms with van der Waals surface area (Å²) in [6.07, 6.45) is 1.15. The Balaban J connectivity index is 1.66.